The van der Waals surface area contributed by atoms with Crippen LogP contribution < -0.4 is 10.6 Å². The Morgan fingerprint density at radius 2 is 2.09 bits per heavy atom. The van der Waals surface area contributed by atoms with Crippen LogP contribution in [-0.4, -0.2) is 29.0 Å². The molecule has 1 aliphatic heterocycles. The number of fused-ring (bicyclic) bond motifs is 1. The molecule has 6 heteroatoms. The van der Waals surface area contributed by atoms with Crippen LogP contribution in [0.3, 0.4) is 0 Å². The molecule has 1 aromatic heterocycles. The van der Waals surface area contributed by atoms with Gasteiger partial charge in [0.05, 0.1) is 11.0 Å². The van der Waals surface area contributed by atoms with Gasteiger partial charge >= 0.3 is 0 Å². The highest BCUT2D eigenvalue weighted by Gasteiger charge is 2.22. The highest BCUT2D eigenvalue weighted by molar-refractivity contribution is 5.91. The number of aromatic amines is 1. The number of carbonyl (C=O) groups excluding carboxylic acids is 1. The number of aromatic nitrogens is 2. The summed E-state index contributed by atoms with van der Waals surface area (Å²) in [5.74, 6) is 1.64. The van der Waals surface area contributed by atoms with Gasteiger partial charge in [0.1, 0.15) is 0 Å². The predicted molar refractivity (Wildman–Crippen MR) is 91.3 cm³/mol. The van der Waals surface area contributed by atoms with Crippen molar-refractivity contribution in [2.75, 3.05) is 18.4 Å². The number of nitrogens with one attached hydrogen (secondary N) is 3. The first-order chi connectivity index (χ1) is 10.2. The second-order valence-electron chi connectivity index (χ2n) is 5.92. The van der Waals surface area contributed by atoms with Crippen LogP contribution in [0.15, 0.2) is 24.3 Å². The van der Waals surface area contributed by atoms with Gasteiger partial charge in [0.25, 0.3) is 0 Å². The SMILES string of the molecule is CC(CC(=O)Nc1nc2ccccc2[nH]1)C1CCNCC1.Cl. The maximum Gasteiger partial charge on any atom is 0.226 e. The molecule has 2 aromatic rings. The van der Waals surface area contributed by atoms with Gasteiger partial charge in [-0.25, -0.2) is 4.98 Å². The lowest BCUT2D eigenvalue weighted by Gasteiger charge is -2.27. The number of para-hydroxylation sites is 2. The molecule has 0 bridgehead atoms. The lowest BCUT2D eigenvalue weighted by atomic mass is 9.84. The standard InChI is InChI=1S/C16H22N4O.ClH/c1-11(12-6-8-17-9-7-12)10-15(21)20-16-18-13-4-2-3-5-14(13)19-16;/h2-5,11-12,17H,6-10H2,1H3,(H2,18,19,20,21);1H. The lowest BCUT2D eigenvalue weighted by Crippen LogP contribution is -2.32. The molecule has 1 saturated heterocycles. The third kappa shape index (κ3) is 3.99. The molecule has 22 heavy (non-hydrogen) atoms. The number of rotatable bonds is 4. The Hall–Kier alpha value is -1.59. The van der Waals surface area contributed by atoms with Crippen LogP contribution in [0.5, 0.6) is 0 Å². The van der Waals surface area contributed by atoms with Crippen molar-refractivity contribution in [1.82, 2.24) is 15.3 Å². The van der Waals surface area contributed by atoms with Crippen molar-refractivity contribution in [2.45, 2.75) is 26.2 Å². The minimum absolute atomic E-state index is 0. The molecule has 1 aliphatic rings. The number of hydrogen-bond donors (Lipinski definition) is 3. The summed E-state index contributed by atoms with van der Waals surface area (Å²) >= 11 is 0. The topological polar surface area (TPSA) is 69.8 Å². The quantitative estimate of drug-likeness (QED) is 0.810. The van der Waals surface area contributed by atoms with E-state index in [1.54, 1.807) is 0 Å². The number of hydrogen-bond acceptors (Lipinski definition) is 3. The second kappa shape index (κ2) is 7.61. The van der Waals surface area contributed by atoms with Crippen molar-refractivity contribution in [1.29, 1.82) is 0 Å². The van der Waals surface area contributed by atoms with Crippen LogP contribution in [0.4, 0.5) is 5.95 Å². The number of carbonyl (C=O) groups is 1. The van der Waals surface area contributed by atoms with Crippen molar-refractivity contribution in [2.24, 2.45) is 11.8 Å². The summed E-state index contributed by atoms with van der Waals surface area (Å²) in [5, 5.41) is 6.24. The molecule has 1 atom stereocenters. The first-order valence-corrected chi connectivity index (χ1v) is 7.67. The minimum atomic E-state index is 0. The average molecular weight is 323 g/mol. The minimum Gasteiger partial charge on any atom is -0.324 e. The smallest absolute Gasteiger partial charge is 0.226 e. The summed E-state index contributed by atoms with van der Waals surface area (Å²) in [7, 11) is 0. The van der Waals surface area contributed by atoms with Crippen molar-refractivity contribution >= 4 is 35.3 Å². The Morgan fingerprint density at radius 3 is 2.82 bits per heavy atom. The summed E-state index contributed by atoms with van der Waals surface area (Å²) in [5.41, 5.74) is 1.82. The van der Waals surface area contributed by atoms with E-state index in [2.05, 4.69) is 27.5 Å². The largest absolute Gasteiger partial charge is 0.324 e. The molecule has 1 amide bonds. The molecule has 0 spiro atoms. The van der Waals surface area contributed by atoms with E-state index in [1.807, 2.05) is 24.3 Å². The fourth-order valence-electron chi connectivity index (χ4n) is 3.07. The number of piperidine rings is 1. The monoisotopic (exact) mass is 322 g/mol. The number of amides is 1. The fraction of sp³-hybridized carbons (Fsp3) is 0.500. The molecular weight excluding hydrogens is 300 g/mol. The summed E-state index contributed by atoms with van der Waals surface area (Å²) in [6.07, 6.45) is 2.89. The van der Waals surface area contributed by atoms with E-state index in [-0.39, 0.29) is 18.3 Å². The van der Waals surface area contributed by atoms with Crippen molar-refractivity contribution in [3.63, 3.8) is 0 Å². The molecule has 0 aliphatic carbocycles. The number of nitrogens with zero attached hydrogens (tertiary/aromatic N) is 1. The van der Waals surface area contributed by atoms with Gasteiger partial charge in [-0.1, -0.05) is 19.1 Å². The number of H-pyrrole nitrogens is 1. The molecule has 2 heterocycles. The number of imidazole rings is 1. The highest BCUT2D eigenvalue weighted by atomic mass is 35.5. The summed E-state index contributed by atoms with van der Waals surface area (Å²) < 4.78 is 0. The Bertz CT molecular complexity index is 588. The van der Waals surface area contributed by atoms with E-state index < -0.39 is 0 Å². The van der Waals surface area contributed by atoms with E-state index in [1.165, 1.54) is 12.8 Å². The molecule has 5 nitrogen and oxygen atoms in total. The van der Waals surface area contributed by atoms with Gasteiger partial charge in [-0.15, -0.1) is 12.4 Å². The van der Waals surface area contributed by atoms with Gasteiger partial charge in [-0.05, 0) is 49.9 Å². The predicted octanol–water partition coefficient (Wildman–Crippen LogP) is 2.95. The normalized spacial score (nSPS) is 17.0. The summed E-state index contributed by atoms with van der Waals surface area (Å²) in [6, 6.07) is 7.77. The number of anilines is 1. The van der Waals surface area contributed by atoms with Gasteiger partial charge in [0.15, 0.2) is 0 Å². The van der Waals surface area contributed by atoms with E-state index in [4.69, 9.17) is 0 Å². The van der Waals surface area contributed by atoms with Crippen molar-refractivity contribution < 1.29 is 4.79 Å². The van der Waals surface area contributed by atoms with Crippen molar-refractivity contribution in [3.05, 3.63) is 24.3 Å². The zero-order valence-electron chi connectivity index (χ0n) is 12.8. The third-order valence-corrected chi connectivity index (χ3v) is 4.34. The Labute approximate surface area is 136 Å². The molecule has 0 radical (unpaired) electrons. The molecule has 1 aromatic carbocycles. The van der Waals surface area contributed by atoms with Crippen LogP contribution >= 0.6 is 12.4 Å². The van der Waals surface area contributed by atoms with E-state index >= 15 is 0 Å². The van der Waals surface area contributed by atoms with Gasteiger partial charge < -0.3 is 10.3 Å². The first kappa shape index (κ1) is 16.8. The Balaban J connectivity index is 0.00000176. The maximum atomic E-state index is 12.2. The molecule has 3 N–H and O–H groups in total. The fourth-order valence-corrected chi connectivity index (χ4v) is 3.07. The van der Waals surface area contributed by atoms with Crippen LogP contribution in [-0.2, 0) is 4.79 Å². The summed E-state index contributed by atoms with van der Waals surface area (Å²) in [4.78, 5) is 19.7. The molecule has 1 fully saturated rings. The maximum absolute atomic E-state index is 12.2. The molecule has 1 unspecified atom stereocenters. The van der Waals surface area contributed by atoms with Gasteiger partial charge in [0.2, 0.25) is 11.9 Å². The summed E-state index contributed by atoms with van der Waals surface area (Å²) in [6.45, 7) is 4.31. The Morgan fingerprint density at radius 1 is 1.36 bits per heavy atom. The van der Waals surface area contributed by atoms with Gasteiger partial charge in [-0.3, -0.25) is 10.1 Å². The van der Waals surface area contributed by atoms with Crippen LogP contribution in [0.1, 0.15) is 26.2 Å². The average Bonchev–Trinajstić information content (AvgIpc) is 2.90. The number of benzene rings is 1. The zero-order chi connectivity index (χ0) is 14.7. The van der Waals surface area contributed by atoms with Crippen molar-refractivity contribution in [3.8, 4) is 0 Å². The number of halogens is 1. The molecule has 120 valence electrons. The second-order valence-corrected chi connectivity index (χ2v) is 5.92. The lowest BCUT2D eigenvalue weighted by molar-refractivity contribution is -0.117. The van der Waals surface area contributed by atoms with Gasteiger partial charge in [0, 0.05) is 6.42 Å². The third-order valence-electron chi connectivity index (χ3n) is 4.34. The van der Waals surface area contributed by atoms with Gasteiger partial charge in [-0.2, -0.15) is 0 Å². The Kier molecular flexibility index (Phi) is 5.80. The zero-order valence-corrected chi connectivity index (χ0v) is 13.6. The molecule has 3 rings (SSSR count). The van der Waals surface area contributed by atoms with E-state index in [0.717, 1.165) is 24.1 Å². The van der Waals surface area contributed by atoms with Crippen LogP contribution in [0.2, 0.25) is 0 Å². The van der Waals surface area contributed by atoms with E-state index in [9.17, 15) is 4.79 Å². The first-order valence-electron chi connectivity index (χ1n) is 7.67. The van der Waals surface area contributed by atoms with E-state index in [0.29, 0.717) is 24.2 Å². The molecule has 0 saturated carbocycles. The van der Waals surface area contributed by atoms with Crippen LogP contribution in [0, 0.1) is 11.8 Å². The van der Waals surface area contributed by atoms with Crippen LogP contribution in [0.25, 0.3) is 11.0 Å². The highest BCUT2D eigenvalue weighted by Crippen LogP contribution is 2.24. The molecular formula is C16H23ClN4O.